The highest BCUT2D eigenvalue weighted by molar-refractivity contribution is 9.10. The summed E-state index contributed by atoms with van der Waals surface area (Å²) < 4.78 is 2.58. The van der Waals surface area contributed by atoms with Crippen LogP contribution in [0.4, 0.5) is 5.69 Å². The Kier molecular flexibility index (Phi) is 2.82. The smallest absolute Gasteiger partial charge is 0.211 e. The van der Waals surface area contributed by atoms with Gasteiger partial charge in [-0.2, -0.15) is 5.10 Å². The zero-order valence-electron chi connectivity index (χ0n) is 7.72. The zero-order chi connectivity index (χ0) is 10.7. The number of hydrogen-bond donors (Lipinski definition) is 1. The molecule has 0 aliphatic heterocycles. The Morgan fingerprint density at radius 1 is 1.40 bits per heavy atom. The molecular formula is C10H8BrN3O. The van der Waals surface area contributed by atoms with E-state index in [-0.39, 0.29) is 0 Å². The van der Waals surface area contributed by atoms with E-state index in [1.54, 1.807) is 10.9 Å². The molecule has 1 N–H and O–H groups in total. The Labute approximate surface area is 95.0 Å². The molecule has 0 aliphatic rings. The molecule has 1 aromatic carbocycles. The first kappa shape index (κ1) is 9.92. The second-order valence-electron chi connectivity index (χ2n) is 2.88. The van der Waals surface area contributed by atoms with Gasteiger partial charge >= 0.3 is 0 Å². The van der Waals surface area contributed by atoms with Crippen molar-refractivity contribution >= 4 is 28.0 Å². The van der Waals surface area contributed by atoms with Crippen LogP contribution < -0.4 is 5.32 Å². The maximum absolute atomic E-state index is 10.4. The summed E-state index contributed by atoms with van der Waals surface area (Å²) in [5, 5.41) is 6.77. The molecule has 0 atom stereocenters. The number of nitrogens with one attached hydrogen (secondary N) is 1. The van der Waals surface area contributed by atoms with E-state index in [4.69, 9.17) is 0 Å². The van der Waals surface area contributed by atoms with Gasteiger partial charge in [-0.15, -0.1) is 0 Å². The van der Waals surface area contributed by atoms with Crippen LogP contribution in [0.25, 0.3) is 5.69 Å². The highest BCUT2D eigenvalue weighted by Gasteiger charge is 2.03. The number of carbonyl (C=O) groups is 1. The molecule has 0 bridgehead atoms. The van der Waals surface area contributed by atoms with Gasteiger partial charge in [0.25, 0.3) is 0 Å². The van der Waals surface area contributed by atoms with Gasteiger partial charge in [-0.25, -0.2) is 4.68 Å². The lowest BCUT2D eigenvalue weighted by Crippen LogP contribution is -2.02. The first-order valence-corrected chi connectivity index (χ1v) is 5.10. The lowest BCUT2D eigenvalue weighted by atomic mass is 10.2. The number of hydrogen-bond acceptors (Lipinski definition) is 2. The number of para-hydroxylation sites is 2. The Morgan fingerprint density at radius 3 is 2.87 bits per heavy atom. The monoisotopic (exact) mass is 265 g/mol. The molecule has 76 valence electrons. The van der Waals surface area contributed by atoms with Crippen molar-refractivity contribution in [1.29, 1.82) is 0 Å². The second kappa shape index (κ2) is 4.27. The number of rotatable bonds is 3. The van der Waals surface area contributed by atoms with Crippen LogP contribution in [-0.2, 0) is 4.79 Å². The Hall–Kier alpha value is -1.62. The zero-order valence-corrected chi connectivity index (χ0v) is 9.31. The van der Waals surface area contributed by atoms with E-state index in [2.05, 4.69) is 26.3 Å². The molecule has 2 aromatic rings. The van der Waals surface area contributed by atoms with Crippen molar-refractivity contribution in [3.8, 4) is 5.69 Å². The third kappa shape index (κ3) is 2.07. The van der Waals surface area contributed by atoms with Crippen LogP contribution in [0.3, 0.4) is 0 Å². The molecule has 15 heavy (non-hydrogen) atoms. The molecule has 0 saturated carbocycles. The summed E-state index contributed by atoms with van der Waals surface area (Å²) in [4.78, 5) is 10.4. The molecule has 1 heterocycles. The van der Waals surface area contributed by atoms with Gasteiger partial charge < -0.3 is 5.32 Å². The minimum absolute atomic E-state index is 0.650. The number of benzene rings is 1. The Balaban J connectivity index is 2.47. The van der Waals surface area contributed by atoms with Gasteiger partial charge in [0.1, 0.15) is 0 Å². The van der Waals surface area contributed by atoms with E-state index < -0.39 is 0 Å². The van der Waals surface area contributed by atoms with Gasteiger partial charge in [-0.1, -0.05) is 12.1 Å². The topological polar surface area (TPSA) is 46.9 Å². The third-order valence-electron chi connectivity index (χ3n) is 1.92. The molecule has 4 nitrogen and oxygen atoms in total. The second-order valence-corrected chi connectivity index (χ2v) is 3.80. The summed E-state index contributed by atoms with van der Waals surface area (Å²) in [6, 6.07) is 7.44. The van der Waals surface area contributed by atoms with E-state index in [9.17, 15) is 4.79 Å². The van der Waals surface area contributed by atoms with Gasteiger partial charge in [0.2, 0.25) is 6.41 Å². The van der Waals surface area contributed by atoms with Crippen LogP contribution in [-0.4, -0.2) is 16.2 Å². The number of aromatic nitrogens is 2. The molecule has 5 heteroatoms. The fraction of sp³-hybridized carbons (Fsp3) is 0. The van der Waals surface area contributed by atoms with E-state index in [0.29, 0.717) is 6.41 Å². The average molecular weight is 266 g/mol. The molecule has 0 spiro atoms. The highest BCUT2D eigenvalue weighted by Crippen LogP contribution is 2.20. The fourth-order valence-electron chi connectivity index (χ4n) is 1.29. The van der Waals surface area contributed by atoms with Gasteiger partial charge in [0.15, 0.2) is 0 Å². The first-order valence-electron chi connectivity index (χ1n) is 4.31. The summed E-state index contributed by atoms with van der Waals surface area (Å²) in [6.07, 6.45) is 4.17. The van der Waals surface area contributed by atoms with E-state index >= 15 is 0 Å². The molecule has 0 aliphatic carbocycles. The normalized spacial score (nSPS) is 9.93. The van der Waals surface area contributed by atoms with Crippen molar-refractivity contribution in [2.24, 2.45) is 0 Å². The third-order valence-corrected chi connectivity index (χ3v) is 2.33. The summed E-state index contributed by atoms with van der Waals surface area (Å²) in [5.74, 6) is 0. The first-order chi connectivity index (χ1) is 7.31. The van der Waals surface area contributed by atoms with Crippen LogP contribution in [0.2, 0.25) is 0 Å². The number of halogens is 1. The number of carbonyl (C=O) groups excluding carboxylic acids is 1. The SMILES string of the molecule is O=CNc1ccccc1-n1cc(Br)cn1. The Morgan fingerprint density at radius 2 is 2.20 bits per heavy atom. The molecule has 0 unspecified atom stereocenters. The number of anilines is 1. The van der Waals surface area contributed by atoms with Crippen LogP contribution in [0, 0.1) is 0 Å². The van der Waals surface area contributed by atoms with Crippen molar-refractivity contribution < 1.29 is 4.79 Å². The van der Waals surface area contributed by atoms with Gasteiger partial charge in [-0.05, 0) is 28.1 Å². The highest BCUT2D eigenvalue weighted by atomic mass is 79.9. The van der Waals surface area contributed by atoms with Crippen LogP contribution >= 0.6 is 15.9 Å². The summed E-state index contributed by atoms with van der Waals surface area (Å²) >= 11 is 3.32. The summed E-state index contributed by atoms with van der Waals surface area (Å²) in [6.45, 7) is 0. The van der Waals surface area contributed by atoms with Gasteiger partial charge in [0, 0.05) is 6.20 Å². The van der Waals surface area contributed by atoms with Crippen molar-refractivity contribution in [1.82, 2.24) is 9.78 Å². The Bertz CT molecular complexity index is 481. The predicted octanol–water partition coefficient (Wildman–Crippen LogP) is 2.20. The molecule has 1 amide bonds. The standard InChI is InChI=1S/C10H8BrN3O/c11-8-5-13-14(6-8)10-4-2-1-3-9(10)12-7-15/h1-7H,(H,12,15). The van der Waals surface area contributed by atoms with E-state index in [1.165, 1.54) is 0 Å². The van der Waals surface area contributed by atoms with Crippen LogP contribution in [0.15, 0.2) is 41.1 Å². The molecule has 0 radical (unpaired) electrons. The predicted molar refractivity (Wildman–Crippen MR) is 61.0 cm³/mol. The minimum atomic E-state index is 0.650. The minimum Gasteiger partial charge on any atom is -0.327 e. The molecular weight excluding hydrogens is 258 g/mol. The van der Waals surface area contributed by atoms with Crippen molar-refractivity contribution in [3.05, 3.63) is 41.1 Å². The number of nitrogens with zero attached hydrogens (tertiary/aromatic N) is 2. The van der Waals surface area contributed by atoms with Crippen molar-refractivity contribution in [2.75, 3.05) is 5.32 Å². The van der Waals surface area contributed by atoms with Crippen molar-refractivity contribution in [2.45, 2.75) is 0 Å². The summed E-state index contributed by atoms with van der Waals surface area (Å²) in [7, 11) is 0. The lowest BCUT2D eigenvalue weighted by molar-refractivity contribution is -0.105. The molecule has 2 rings (SSSR count). The average Bonchev–Trinajstić information content (AvgIpc) is 2.66. The van der Waals surface area contributed by atoms with Crippen LogP contribution in [0.1, 0.15) is 0 Å². The van der Waals surface area contributed by atoms with E-state index in [1.807, 2.05) is 30.5 Å². The largest absolute Gasteiger partial charge is 0.327 e. The number of amides is 1. The lowest BCUT2D eigenvalue weighted by Gasteiger charge is -2.07. The van der Waals surface area contributed by atoms with Crippen molar-refractivity contribution in [3.63, 3.8) is 0 Å². The fourth-order valence-corrected chi connectivity index (χ4v) is 1.58. The quantitative estimate of drug-likeness (QED) is 0.866. The maximum atomic E-state index is 10.4. The molecule has 0 fully saturated rings. The van der Waals surface area contributed by atoms with Gasteiger partial charge in [0.05, 0.1) is 22.0 Å². The van der Waals surface area contributed by atoms with Gasteiger partial charge in [-0.3, -0.25) is 4.79 Å². The van der Waals surface area contributed by atoms with E-state index in [0.717, 1.165) is 15.8 Å². The van der Waals surface area contributed by atoms with Crippen LogP contribution in [0.5, 0.6) is 0 Å². The summed E-state index contributed by atoms with van der Waals surface area (Å²) in [5.41, 5.74) is 1.55. The molecule has 1 aromatic heterocycles. The maximum Gasteiger partial charge on any atom is 0.211 e. The molecule has 0 saturated heterocycles.